The van der Waals surface area contributed by atoms with Crippen LogP contribution >= 0.6 is 0 Å². The molecule has 3 aromatic carbocycles. The summed E-state index contributed by atoms with van der Waals surface area (Å²) in [6.07, 6.45) is 0. The minimum atomic E-state index is -3.52. The molecule has 116 valence electrons. The molecular formula is C18H15NO3S. The van der Waals surface area contributed by atoms with Crippen LogP contribution in [0.25, 0.3) is 10.8 Å². The third-order valence-electron chi connectivity index (χ3n) is 4.14. The van der Waals surface area contributed by atoms with Crippen molar-refractivity contribution in [3.63, 3.8) is 0 Å². The van der Waals surface area contributed by atoms with Crippen molar-refractivity contribution in [2.75, 3.05) is 11.4 Å². The molecule has 0 saturated heterocycles. The number of nitrogens with zero attached hydrogens (tertiary/aromatic N) is 1. The van der Waals surface area contributed by atoms with Gasteiger partial charge in [-0.1, -0.05) is 36.4 Å². The van der Waals surface area contributed by atoms with E-state index in [1.807, 2.05) is 48.5 Å². The van der Waals surface area contributed by atoms with E-state index in [2.05, 4.69) is 0 Å². The molecule has 4 rings (SSSR count). The second-order valence-electron chi connectivity index (χ2n) is 5.49. The molecule has 0 spiro atoms. The summed E-state index contributed by atoms with van der Waals surface area (Å²) in [4.78, 5) is 0.383. The highest BCUT2D eigenvalue weighted by Gasteiger charge is 2.35. The van der Waals surface area contributed by atoms with Crippen molar-refractivity contribution in [2.24, 2.45) is 0 Å². The third-order valence-corrected chi connectivity index (χ3v) is 5.94. The minimum Gasteiger partial charge on any atom is -0.497 e. The maximum Gasteiger partial charge on any atom is 0.265 e. The highest BCUT2D eigenvalue weighted by Crippen LogP contribution is 2.42. The van der Waals surface area contributed by atoms with E-state index >= 15 is 0 Å². The van der Waals surface area contributed by atoms with E-state index in [0.29, 0.717) is 4.90 Å². The fourth-order valence-corrected chi connectivity index (χ4v) is 4.76. The summed E-state index contributed by atoms with van der Waals surface area (Å²) in [6, 6.07) is 18.6. The van der Waals surface area contributed by atoms with Crippen molar-refractivity contribution in [3.05, 3.63) is 66.2 Å². The van der Waals surface area contributed by atoms with Gasteiger partial charge in [-0.15, -0.1) is 0 Å². The Kier molecular flexibility index (Phi) is 3.06. The fraction of sp³-hybridized carbons (Fsp3) is 0.111. The highest BCUT2D eigenvalue weighted by atomic mass is 32.2. The summed E-state index contributed by atoms with van der Waals surface area (Å²) in [5, 5.41) is 1.75. The van der Waals surface area contributed by atoms with E-state index in [9.17, 15) is 8.42 Å². The number of anilines is 1. The van der Waals surface area contributed by atoms with E-state index in [0.717, 1.165) is 27.8 Å². The zero-order valence-corrected chi connectivity index (χ0v) is 13.4. The smallest absolute Gasteiger partial charge is 0.265 e. The molecular weight excluding hydrogens is 310 g/mol. The van der Waals surface area contributed by atoms with Crippen LogP contribution < -0.4 is 9.04 Å². The Morgan fingerprint density at radius 1 is 1.00 bits per heavy atom. The first-order valence-electron chi connectivity index (χ1n) is 7.29. The largest absolute Gasteiger partial charge is 0.497 e. The lowest BCUT2D eigenvalue weighted by molar-refractivity contribution is 0.414. The van der Waals surface area contributed by atoms with Crippen LogP contribution in [-0.2, 0) is 16.6 Å². The number of sulfonamides is 1. The van der Waals surface area contributed by atoms with E-state index in [4.69, 9.17) is 4.74 Å². The van der Waals surface area contributed by atoms with Gasteiger partial charge in [0.25, 0.3) is 10.0 Å². The first-order chi connectivity index (χ1) is 11.1. The third kappa shape index (κ3) is 2.08. The molecule has 4 nitrogen and oxygen atoms in total. The van der Waals surface area contributed by atoms with Crippen LogP contribution in [0.2, 0.25) is 0 Å². The van der Waals surface area contributed by atoms with Crippen LogP contribution in [0.4, 0.5) is 5.69 Å². The second kappa shape index (κ2) is 4.99. The summed E-state index contributed by atoms with van der Waals surface area (Å²) in [7, 11) is -1.92. The van der Waals surface area contributed by atoms with Crippen LogP contribution in [0.5, 0.6) is 5.75 Å². The Bertz CT molecular complexity index is 1010. The molecule has 0 unspecified atom stereocenters. The number of methoxy groups -OCH3 is 1. The van der Waals surface area contributed by atoms with Crippen molar-refractivity contribution in [2.45, 2.75) is 11.4 Å². The summed E-state index contributed by atoms with van der Waals surface area (Å²) >= 11 is 0. The summed E-state index contributed by atoms with van der Waals surface area (Å²) in [5.41, 5.74) is 1.62. The monoisotopic (exact) mass is 325 g/mol. The molecule has 1 heterocycles. The molecule has 0 bridgehead atoms. The van der Waals surface area contributed by atoms with E-state index in [1.54, 1.807) is 19.2 Å². The van der Waals surface area contributed by atoms with E-state index in [-0.39, 0.29) is 6.54 Å². The molecule has 0 atom stereocenters. The molecule has 1 aliphatic heterocycles. The van der Waals surface area contributed by atoms with Gasteiger partial charge >= 0.3 is 0 Å². The zero-order valence-electron chi connectivity index (χ0n) is 12.6. The maximum absolute atomic E-state index is 12.9. The van der Waals surface area contributed by atoms with Crippen LogP contribution in [-0.4, -0.2) is 15.5 Å². The van der Waals surface area contributed by atoms with Gasteiger partial charge in [0.05, 0.1) is 24.2 Å². The van der Waals surface area contributed by atoms with Crippen LogP contribution in [0, 0.1) is 0 Å². The first-order valence-corrected chi connectivity index (χ1v) is 8.73. The predicted octanol–water partition coefficient (Wildman–Crippen LogP) is 3.56. The molecule has 0 fully saturated rings. The van der Waals surface area contributed by atoms with Gasteiger partial charge in [-0.3, -0.25) is 4.31 Å². The van der Waals surface area contributed by atoms with Crippen molar-refractivity contribution < 1.29 is 13.2 Å². The Hall–Kier alpha value is -2.53. The molecule has 3 aromatic rings. The minimum absolute atomic E-state index is 0.285. The number of hydrogen-bond acceptors (Lipinski definition) is 3. The standard InChI is InChI=1S/C18H15NO3S/c1-22-15-8-2-5-13(11-15)12-19-16-9-3-6-14-7-4-10-17(18(14)16)23(19,20)21/h2-11H,12H2,1H3. The fourth-order valence-electron chi connectivity index (χ4n) is 3.07. The van der Waals surface area contributed by atoms with Gasteiger partial charge in [0.2, 0.25) is 0 Å². The number of hydrogen-bond donors (Lipinski definition) is 0. The van der Waals surface area contributed by atoms with Crippen molar-refractivity contribution >= 4 is 26.5 Å². The van der Waals surface area contributed by atoms with E-state index < -0.39 is 10.0 Å². The lowest BCUT2D eigenvalue weighted by atomic mass is 10.1. The van der Waals surface area contributed by atoms with Gasteiger partial charge in [0.15, 0.2) is 0 Å². The van der Waals surface area contributed by atoms with Gasteiger partial charge in [-0.25, -0.2) is 8.42 Å². The molecule has 0 radical (unpaired) electrons. The van der Waals surface area contributed by atoms with Gasteiger partial charge in [0.1, 0.15) is 5.75 Å². The average molecular weight is 325 g/mol. The second-order valence-corrected chi connectivity index (χ2v) is 7.33. The van der Waals surface area contributed by atoms with Gasteiger partial charge in [-0.2, -0.15) is 0 Å². The molecule has 0 aromatic heterocycles. The van der Waals surface area contributed by atoms with Crippen LogP contribution in [0.15, 0.2) is 65.6 Å². The molecule has 1 aliphatic rings. The lowest BCUT2D eigenvalue weighted by Gasteiger charge is -2.19. The lowest BCUT2D eigenvalue weighted by Crippen LogP contribution is -2.26. The highest BCUT2D eigenvalue weighted by molar-refractivity contribution is 7.93. The Balaban J connectivity index is 1.86. The number of rotatable bonds is 3. The number of ether oxygens (including phenoxy) is 1. The molecule has 5 heteroatoms. The average Bonchev–Trinajstić information content (AvgIpc) is 2.79. The van der Waals surface area contributed by atoms with Gasteiger partial charge in [-0.05, 0) is 35.2 Å². The topological polar surface area (TPSA) is 46.6 Å². The SMILES string of the molecule is COc1cccc(CN2c3cccc4cccc(c34)S2(=O)=O)c1. The van der Waals surface area contributed by atoms with Crippen LogP contribution in [0.1, 0.15) is 5.56 Å². The predicted molar refractivity (Wildman–Crippen MR) is 90.3 cm³/mol. The summed E-state index contributed by atoms with van der Waals surface area (Å²) in [5.74, 6) is 0.717. The zero-order chi connectivity index (χ0) is 16.0. The van der Waals surface area contributed by atoms with Gasteiger partial charge < -0.3 is 4.74 Å². The summed E-state index contributed by atoms with van der Waals surface area (Å²) < 4.78 is 32.5. The Morgan fingerprint density at radius 2 is 1.74 bits per heavy atom. The summed E-state index contributed by atoms with van der Waals surface area (Å²) in [6.45, 7) is 0.285. The Morgan fingerprint density at radius 3 is 2.52 bits per heavy atom. The molecule has 0 N–H and O–H groups in total. The van der Waals surface area contributed by atoms with Crippen molar-refractivity contribution in [3.8, 4) is 5.75 Å². The number of benzene rings is 3. The van der Waals surface area contributed by atoms with Gasteiger partial charge in [0, 0.05) is 5.39 Å². The molecule has 23 heavy (non-hydrogen) atoms. The first kappa shape index (κ1) is 14.1. The van der Waals surface area contributed by atoms with E-state index in [1.165, 1.54) is 4.31 Å². The quantitative estimate of drug-likeness (QED) is 0.740. The normalized spacial score (nSPS) is 15.1. The van der Waals surface area contributed by atoms with Crippen molar-refractivity contribution in [1.29, 1.82) is 0 Å². The maximum atomic E-state index is 12.9. The Labute approximate surface area is 135 Å². The molecule has 0 amide bonds. The van der Waals surface area contributed by atoms with Crippen molar-refractivity contribution in [1.82, 2.24) is 0 Å². The molecule has 0 aliphatic carbocycles. The molecule has 0 saturated carbocycles. The van der Waals surface area contributed by atoms with Crippen LogP contribution in [0.3, 0.4) is 0 Å².